The lowest BCUT2D eigenvalue weighted by Gasteiger charge is -2.26. The molecule has 0 spiro atoms. The summed E-state index contributed by atoms with van der Waals surface area (Å²) in [6, 6.07) is 5.94. The van der Waals surface area contributed by atoms with Gasteiger partial charge >= 0.3 is 0 Å². The number of carbonyl (C=O) groups is 1. The van der Waals surface area contributed by atoms with Crippen LogP contribution in [0.1, 0.15) is 12.5 Å². The van der Waals surface area contributed by atoms with Gasteiger partial charge in [-0.05, 0) is 6.92 Å². The number of hydrogen-bond donors (Lipinski definition) is 3. The molecular weight excluding hydrogens is 252 g/mol. The molecule has 0 saturated heterocycles. The summed E-state index contributed by atoms with van der Waals surface area (Å²) in [6.45, 7) is 0.628. The highest BCUT2D eigenvalue weighted by atomic mass is 16.6. The highest BCUT2D eigenvalue weighted by molar-refractivity contribution is 5.80. The topological polar surface area (TPSA) is 113 Å². The lowest BCUT2D eigenvalue weighted by molar-refractivity contribution is -0.385. The van der Waals surface area contributed by atoms with E-state index in [1.54, 1.807) is 6.07 Å². The fraction of sp³-hybridized carbons (Fsp3) is 0.417. The average Bonchev–Trinajstić information content (AvgIpc) is 2.38. The van der Waals surface area contributed by atoms with Gasteiger partial charge in [0.05, 0.1) is 30.1 Å². The lowest BCUT2D eigenvalue weighted by Crippen LogP contribution is -2.52. The molecule has 7 nitrogen and oxygen atoms in total. The van der Waals surface area contributed by atoms with Crippen LogP contribution in [0.5, 0.6) is 0 Å². The van der Waals surface area contributed by atoms with Crippen molar-refractivity contribution in [3.8, 4) is 0 Å². The zero-order valence-electron chi connectivity index (χ0n) is 10.5. The van der Waals surface area contributed by atoms with Gasteiger partial charge in [-0.15, -0.1) is 0 Å². The van der Waals surface area contributed by atoms with Gasteiger partial charge in [-0.3, -0.25) is 14.9 Å². The quantitative estimate of drug-likeness (QED) is 0.496. The number of carbonyl (C=O) groups excluding carboxylic acids is 1. The van der Waals surface area contributed by atoms with Gasteiger partial charge < -0.3 is 15.5 Å². The molecule has 0 aromatic heterocycles. The zero-order chi connectivity index (χ0) is 14.5. The smallest absolute Gasteiger partial charge is 0.273 e. The molecule has 0 aliphatic heterocycles. The van der Waals surface area contributed by atoms with Crippen molar-refractivity contribution in [2.45, 2.75) is 18.9 Å². The Morgan fingerprint density at radius 1 is 1.37 bits per heavy atom. The van der Waals surface area contributed by atoms with Crippen LogP contribution in [0.2, 0.25) is 0 Å². The van der Waals surface area contributed by atoms with Crippen LogP contribution in [0, 0.1) is 10.1 Å². The molecule has 0 unspecified atom stereocenters. The average molecular weight is 268 g/mol. The highest BCUT2D eigenvalue weighted by Crippen LogP contribution is 2.18. The molecule has 1 aromatic rings. The molecule has 0 aliphatic rings. The molecule has 7 heteroatoms. The number of aliphatic hydroxyl groups is 2. The third kappa shape index (κ3) is 4.01. The van der Waals surface area contributed by atoms with Crippen LogP contribution in [0.25, 0.3) is 0 Å². The second-order valence-electron chi connectivity index (χ2n) is 4.49. The second-order valence-corrected chi connectivity index (χ2v) is 4.49. The highest BCUT2D eigenvalue weighted by Gasteiger charge is 2.25. The minimum atomic E-state index is -1.14. The minimum Gasteiger partial charge on any atom is -0.394 e. The van der Waals surface area contributed by atoms with E-state index >= 15 is 0 Å². The minimum absolute atomic E-state index is 0.132. The van der Waals surface area contributed by atoms with Gasteiger partial charge in [0.1, 0.15) is 0 Å². The Morgan fingerprint density at radius 2 is 1.95 bits per heavy atom. The van der Waals surface area contributed by atoms with Crippen molar-refractivity contribution in [3.63, 3.8) is 0 Å². The molecule has 3 N–H and O–H groups in total. The predicted molar refractivity (Wildman–Crippen MR) is 67.5 cm³/mol. The van der Waals surface area contributed by atoms with Crippen LogP contribution < -0.4 is 5.32 Å². The number of amides is 1. The van der Waals surface area contributed by atoms with E-state index in [1.807, 2.05) is 0 Å². The predicted octanol–water partition coefficient (Wildman–Crippen LogP) is -0.00320. The van der Waals surface area contributed by atoms with Crippen molar-refractivity contribution in [3.05, 3.63) is 39.9 Å². The van der Waals surface area contributed by atoms with Gasteiger partial charge in [0.15, 0.2) is 0 Å². The number of nitrogens with zero attached hydrogens (tertiary/aromatic N) is 1. The van der Waals surface area contributed by atoms with Gasteiger partial charge in [0.2, 0.25) is 5.91 Å². The van der Waals surface area contributed by atoms with E-state index in [9.17, 15) is 14.9 Å². The van der Waals surface area contributed by atoms with Crippen molar-refractivity contribution in [2.24, 2.45) is 0 Å². The number of rotatable bonds is 6. The van der Waals surface area contributed by atoms with E-state index in [1.165, 1.54) is 25.1 Å². The molecule has 1 amide bonds. The Labute approximate surface area is 110 Å². The van der Waals surface area contributed by atoms with Crippen molar-refractivity contribution in [1.29, 1.82) is 0 Å². The summed E-state index contributed by atoms with van der Waals surface area (Å²) in [6.07, 6.45) is -0.188. The molecule has 0 atom stereocenters. The van der Waals surface area contributed by atoms with Crippen molar-refractivity contribution in [1.82, 2.24) is 5.32 Å². The lowest BCUT2D eigenvalue weighted by atomic mass is 10.0. The molecule has 0 aliphatic carbocycles. The fourth-order valence-corrected chi connectivity index (χ4v) is 1.52. The monoisotopic (exact) mass is 268 g/mol. The van der Waals surface area contributed by atoms with Gasteiger partial charge in [-0.1, -0.05) is 18.2 Å². The summed E-state index contributed by atoms with van der Waals surface area (Å²) in [5.41, 5.74) is -0.990. The summed E-state index contributed by atoms with van der Waals surface area (Å²) < 4.78 is 0. The Morgan fingerprint density at radius 3 is 2.47 bits per heavy atom. The maximum atomic E-state index is 11.8. The maximum Gasteiger partial charge on any atom is 0.273 e. The fourth-order valence-electron chi connectivity index (χ4n) is 1.52. The SMILES string of the molecule is CC(CO)(CO)NC(=O)Cc1ccccc1[N+](=O)[O-]. The van der Waals surface area contributed by atoms with Crippen LogP contribution in [-0.4, -0.2) is 39.8 Å². The van der Waals surface area contributed by atoms with E-state index in [2.05, 4.69) is 5.32 Å². The van der Waals surface area contributed by atoms with E-state index in [-0.39, 0.29) is 17.7 Å². The number of nitrogens with one attached hydrogen (secondary N) is 1. The first-order chi connectivity index (χ1) is 8.91. The molecule has 0 saturated carbocycles. The third-order valence-electron chi connectivity index (χ3n) is 2.68. The largest absolute Gasteiger partial charge is 0.394 e. The van der Waals surface area contributed by atoms with Crippen LogP contribution in [0.3, 0.4) is 0 Å². The normalized spacial score (nSPS) is 11.1. The van der Waals surface area contributed by atoms with E-state index in [0.29, 0.717) is 0 Å². The summed E-state index contributed by atoms with van der Waals surface area (Å²) in [5.74, 6) is -0.500. The number of aliphatic hydroxyl groups excluding tert-OH is 2. The van der Waals surface area contributed by atoms with Crippen LogP contribution in [0.15, 0.2) is 24.3 Å². The third-order valence-corrected chi connectivity index (χ3v) is 2.68. The molecule has 0 fully saturated rings. The van der Waals surface area contributed by atoms with Crippen LogP contribution in [0.4, 0.5) is 5.69 Å². The summed E-state index contributed by atoms with van der Waals surface area (Å²) in [7, 11) is 0. The second kappa shape index (κ2) is 6.26. The first-order valence-corrected chi connectivity index (χ1v) is 5.67. The molecule has 19 heavy (non-hydrogen) atoms. The summed E-state index contributed by atoms with van der Waals surface area (Å²) in [4.78, 5) is 22.0. The molecule has 0 bridgehead atoms. The first kappa shape index (κ1) is 15.1. The maximum absolute atomic E-state index is 11.8. The number of hydrogen-bond acceptors (Lipinski definition) is 5. The first-order valence-electron chi connectivity index (χ1n) is 5.67. The Balaban J connectivity index is 2.81. The van der Waals surface area contributed by atoms with E-state index < -0.39 is 29.6 Å². The van der Waals surface area contributed by atoms with Gasteiger partial charge in [-0.2, -0.15) is 0 Å². The summed E-state index contributed by atoms with van der Waals surface area (Å²) in [5, 5.41) is 31.4. The van der Waals surface area contributed by atoms with Gasteiger partial charge in [0, 0.05) is 11.6 Å². The summed E-state index contributed by atoms with van der Waals surface area (Å²) >= 11 is 0. The number of nitro groups is 1. The number of nitro benzene ring substituents is 1. The van der Waals surface area contributed by atoms with E-state index in [0.717, 1.165) is 0 Å². The molecule has 104 valence electrons. The molecular formula is C12H16N2O5. The van der Waals surface area contributed by atoms with Crippen molar-refractivity contribution in [2.75, 3.05) is 13.2 Å². The Kier molecular flexibility index (Phi) is 4.96. The Bertz CT molecular complexity index is 471. The van der Waals surface area contributed by atoms with E-state index in [4.69, 9.17) is 10.2 Å². The zero-order valence-corrected chi connectivity index (χ0v) is 10.5. The number of para-hydroxylation sites is 1. The van der Waals surface area contributed by atoms with Gasteiger partial charge in [0.25, 0.3) is 5.69 Å². The molecule has 1 aromatic carbocycles. The standard InChI is InChI=1S/C12H16N2O5/c1-12(7-15,8-16)13-11(17)6-9-4-2-3-5-10(9)14(18)19/h2-5,15-16H,6-8H2,1H3,(H,13,17). The Hall–Kier alpha value is -1.99. The van der Waals surface area contributed by atoms with Crippen molar-refractivity contribution >= 4 is 11.6 Å². The molecule has 1 rings (SSSR count). The van der Waals surface area contributed by atoms with Crippen LogP contribution >= 0.6 is 0 Å². The van der Waals surface area contributed by atoms with Gasteiger partial charge in [-0.25, -0.2) is 0 Å². The number of benzene rings is 1. The van der Waals surface area contributed by atoms with Crippen molar-refractivity contribution < 1.29 is 19.9 Å². The van der Waals surface area contributed by atoms with Crippen LogP contribution in [-0.2, 0) is 11.2 Å². The molecule has 0 radical (unpaired) electrons. The molecule has 0 heterocycles.